The predicted molar refractivity (Wildman–Crippen MR) is 54.5 cm³/mol. The minimum absolute atomic E-state index is 0.353. The number of carbonyl (C=O) groups excluding carboxylic acids is 1. The van der Waals surface area contributed by atoms with Gasteiger partial charge in [-0.3, -0.25) is 0 Å². The topological polar surface area (TPSA) is 51.5 Å². The monoisotopic (exact) mass is 209 g/mol. The third kappa shape index (κ3) is 2.39. The van der Waals surface area contributed by atoms with Gasteiger partial charge in [-0.05, 0) is 18.9 Å². The Balaban J connectivity index is 1.86. The number of furan rings is 1. The van der Waals surface area contributed by atoms with Gasteiger partial charge < -0.3 is 14.5 Å². The summed E-state index contributed by atoms with van der Waals surface area (Å²) in [5.41, 5.74) is 0.475. The van der Waals surface area contributed by atoms with Gasteiger partial charge >= 0.3 is 5.97 Å². The number of nitrogens with one attached hydrogen (secondary N) is 1. The molecule has 15 heavy (non-hydrogen) atoms. The minimum Gasteiger partial charge on any atom is -0.467 e. The highest BCUT2D eigenvalue weighted by Crippen LogP contribution is 2.19. The van der Waals surface area contributed by atoms with Crippen molar-refractivity contribution >= 4 is 5.97 Å². The predicted octanol–water partition coefficient (Wildman–Crippen LogP) is 1.71. The van der Waals surface area contributed by atoms with Crippen LogP contribution in [0, 0.1) is 0 Å². The SMILES string of the molecule is COC(=O)c1coc(CNC2CCC2)c1. The van der Waals surface area contributed by atoms with Crippen LogP contribution in [-0.2, 0) is 11.3 Å². The van der Waals surface area contributed by atoms with E-state index in [4.69, 9.17) is 4.42 Å². The summed E-state index contributed by atoms with van der Waals surface area (Å²) in [6.45, 7) is 0.682. The minimum atomic E-state index is -0.353. The number of ether oxygens (including phenoxy) is 1. The summed E-state index contributed by atoms with van der Waals surface area (Å²) in [6, 6.07) is 2.34. The van der Waals surface area contributed by atoms with Gasteiger partial charge in [-0.1, -0.05) is 6.42 Å². The second-order valence-electron chi connectivity index (χ2n) is 3.80. The van der Waals surface area contributed by atoms with Crippen molar-refractivity contribution in [1.82, 2.24) is 5.32 Å². The molecule has 4 nitrogen and oxygen atoms in total. The Hall–Kier alpha value is -1.29. The third-order valence-electron chi connectivity index (χ3n) is 2.74. The highest BCUT2D eigenvalue weighted by Gasteiger charge is 2.17. The molecular formula is C11H15NO3. The molecule has 0 bridgehead atoms. The lowest BCUT2D eigenvalue weighted by molar-refractivity contribution is 0.0600. The Kier molecular flexibility index (Phi) is 3.06. The van der Waals surface area contributed by atoms with Gasteiger partial charge in [0, 0.05) is 6.04 Å². The zero-order valence-electron chi connectivity index (χ0n) is 8.79. The molecule has 0 atom stereocenters. The molecule has 1 aromatic heterocycles. The highest BCUT2D eigenvalue weighted by molar-refractivity contribution is 5.88. The van der Waals surface area contributed by atoms with Crippen LogP contribution in [0.5, 0.6) is 0 Å². The van der Waals surface area contributed by atoms with Gasteiger partial charge in [0.2, 0.25) is 0 Å². The first-order valence-electron chi connectivity index (χ1n) is 5.18. The second kappa shape index (κ2) is 4.49. The van der Waals surface area contributed by atoms with Gasteiger partial charge in [-0.25, -0.2) is 4.79 Å². The first-order chi connectivity index (χ1) is 7.29. The van der Waals surface area contributed by atoms with Gasteiger partial charge in [0.15, 0.2) is 0 Å². The van der Waals surface area contributed by atoms with Crippen LogP contribution >= 0.6 is 0 Å². The lowest BCUT2D eigenvalue weighted by Gasteiger charge is -2.25. The van der Waals surface area contributed by atoms with Crippen molar-refractivity contribution < 1.29 is 13.9 Å². The van der Waals surface area contributed by atoms with Crippen LogP contribution in [0.1, 0.15) is 35.4 Å². The van der Waals surface area contributed by atoms with Gasteiger partial charge in [-0.15, -0.1) is 0 Å². The van der Waals surface area contributed by atoms with Crippen molar-refractivity contribution in [2.75, 3.05) is 7.11 Å². The Morgan fingerprint density at radius 3 is 3.07 bits per heavy atom. The summed E-state index contributed by atoms with van der Waals surface area (Å²) >= 11 is 0. The van der Waals surface area contributed by atoms with E-state index in [0.29, 0.717) is 18.2 Å². The van der Waals surface area contributed by atoms with E-state index in [1.807, 2.05) is 0 Å². The maximum Gasteiger partial charge on any atom is 0.341 e. The van der Waals surface area contributed by atoms with Crippen LogP contribution in [0.15, 0.2) is 16.7 Å². The van der Waals surface area contributed by atoms with Crippen molar-refractivity contribution in [2.45, 2.75) is 31.8 Å². The highest BCUT2D eigenvalue weighted by atomic mass is 16.5. The van der Waals surface area contributed by atoms with Crippen molar-refractivity contribution in [3.8, 4) is 0 Å². The zero-order valence-corrected chi connectivity index (χ0v) is 8.79. The van der Waals surface area contributed by atoms with Crippen LogP contribution in [0.2, 0.25) is 0 Å². The molecule has 0 aromatic carbocycles. The fraction of sp³-hybridized carbons (Fsp3) is 0.545. The molecule has 1 heterocycles. The first kappa shape index (κ1) is 10.2. The Labute approximate surface area is 88.6 Å². The molecule has 4 heteroatoms. The van der Waals surface area contributed by atoms with Gasteiger partial charge in [0.1, 0.15) is 12.0 Å². The molecule has 0 aliphatic heterocycles. The molecule has 0 amide bonds. The molecule has 0 saturated heterocycles. The molecule has 1 aromatic rings. The summed E-state index contributed by atoms with van der Waals surface area (Å²) in [5, 5.41) is 3.36. The maximum absolute atomic E-state index is 11.1. The second-order valence-corrected chi connectivity index (χ2v) is 3.80. The Bertz CT molecular complexity index is 341. The molecule has 0 spiro atoms. The average Bonchev–Trinajstić information content (AvgIpc) is 2.63. The molecule has 1 N–H and O–H groups in total. The van der Waals surface area contributed by atoms with Crippen molar-refractivity contribution in [3.05, 3.63) is 23.7 Å². The molecule has 1 saturated carbocycles. The first-order valence-corrected chi connectivity index (χ1v) is 5.18. The lowest BCUT2D eigenvalue weighted by atomic mass is 9.93. The van der Waals surface area contributed by atoms with Gasteiger partial charge in [-0.2, -0.15) is 0 Å². The van der Waals surface area contributed by atoms with Gasteiger partial charge in [0.05, 0.1) is 19.2 Å². The number of hydrogen-bond donors (Lipinski definition) is 1. The molecule has 82 valence electrons. The van der Waals surface area contributed by atoms with Crippen molar-refractivity contribution in [2.24, 2.45) is 0 Å². The Morgan fingerprint density at radius 1 is 1.67 bits per heavy atom. The number of methoxy groups -OCH3 is 1. The Morgan fingerprint density at radius 2 is 2.47 bits per heavy atom. The maximum atomic E-state index is 11.1. The normalized spacial score (nSPS) is 16.1. The largest absolute Gasteiger partial charge is 0.467 e. The molecule has 1 fully saturated rings. The summed E-state index contributed by atoms with van der Waals surface area (Å²) < 4.78 is 9.83. The smallest absolute Gasteiger partial charge is 0.341 e. The van der Waals surface area contributed by atoms with Crippen molar-refractivity contribution in [1.29, 1.82) is 0 Å². The fourth-order valence-corrected chi connectivity index (χ4v) is 1.56. The van der Waals surface area contributed by atoms with Crippen LogP contribution in [0.25, 0.3) is 0 Å². The molecule has 1 aliphatic rings. The number of carbonyl (C=O) groups is 1. The third-order valence-corrected chi connectivity index (χ3v) is 2.74. The van der Waals surface area contributed by atoms with E-state index in [0.717, 1.165) is 5.76 Å². The number of hydrogen-bond acceptors (Lipinski definition) is 4. The molecule has 0 unspecified atom stereocenters. The molecule has 1 aliphatic carbocycles. The standard InChI is InChI=1S/C11H15NO3/c1-14-11(13)8-5-10(15-7-8)6-12-9-3-2-4-9/h5,7,9,12H,2-4,6H2,1H3. The quantitative estimate of drug-likeness (QED) is 0.767. The van der Waals surface area contributed by atoms with E-state index in [2.05, 4.69) is 10.1 Å². The van der Waals surface area contributed by atoms with Crippen LogP contribution in [0.3, 0.4) is 0 Å². The lowest BCUT2D eigenvalue weighted by Crippen LogP contribution is -2.34. The van der Waals surface area contributed by atoms with Crippen molar-refractivity contribution in [3.63, 3.8) is 0 Å². The summed E-state index contributed by atoms with van der Waals surface area (Å²) in [6.07, 6.45) is 5.22. The summed E-state index contributed by atoms with van der Waals surface area (Å²) in [4.78, 5) is 11.1. The average molecular weight is 209 g/mol. The van der Waals surface area contributed by atoms with Crippen LogP contribution in [0.4, 0.5) is 0 Å². The summed E-state index contributed by atoms with van der Waals surface area (Å²) in [5.74, 6) is 0.427. The van der Waals surface area contributed by atoms with E-state index in [-0.39, 0.29) is 5.97 Å². The van der Waals surface area contributed by atoms with E-state index in [1.54, 1.807) is 6.07 Å². The molecule has 0 radical (unpaired) electrons. The number of esters is 1. The number of rotatable bonds is 4. The van der Waals surface area contributed by atoms with Crippen LogP contribution < -0.4 is 5.32 Å². The molecular weight excluding hydrogens is 194 g/mol. The van der Waals surface area contributed by atoms with Gasteiger partial charge in [0.25, 0.3) is 0 Å². The zero-order chi connectivity index (χ0) is 10.7. The fourth-order valence-electron chi connectivity index (χ4n) is 1.56. The van der Waals surface area contributed by atoms with E-state index in [9.17, 15) is 4.79 Å². The van der Waals surface area contributed by atoms with E-state index < -0.39 is 0 Å². The van der Waals surface area contributed by atoms with E-state index >= 15 is 0 Å². The summed E-state index contributed by atoms with van der Waals surface area (Å²) in [7, 11) is 1.36. The van der Waals surface area contributed by atoms with Crippen LogP contribution in [-0.4, -0.2) is 19.1 Å². The molecule has 2 rings (SSSR count). The van der Waals surface area contributed by atoms with E-state index in [1.165, 1.54) is 32.6 Å².